The van der Waals surface area contributed by atoms with Crippen LogP contribution in [0.15, 0.2) is 0 Å². The molecular formula is C13H25FO. The molecule has 0 aromatic heterocycles. The average Bonchev–Trinajstić information content (AvgIpc) is 1.98. The molecular weight excluding hydrogens is 191 g/mol. The molecule has 0 spiro atoms. The van der Waals surface area contributed by atoms with Crippen LogP contribution in [0.4, 0.5) is 4.39 Å². The maximum absolute atomic E-state index is 13.5. The SMILES string of the molecule is CC(C)C[C@@H]1CC(F)C[C@H](CC(C)C)O1. The second-order valence-corrected chi connectivity index (χ2v) is 5.71. The van der Waals surface area contributed by atoms with Crippen LogP contribution in [0.3, 0.4) is 0 Å². The Balaban J connectivity index is 2.41. The minimum absolute atomic E-state index is 0.150. The normalized spacial score (nSPS) is 32.6. The fourth-order valence-electron chi connectivity index (χ4n) is 2.41. The minimum atomic E-state index is -0.647. The summed E-state index contributed by atoms with van der Waals surface area (Å²) < 4.78 is 19.4. The van der Waals surface area contributed by atoms with Crippen molar-refractivity contribution in [2.24, 2.45) is 11.8 Å². The third kappa shape index (κ3) is 4.96. The lowest BCUT2D eigenvalue weighted by atomic mass is 9.92. The molecule has 2 heteroatoms. The monoisotopic (exact) mass is 216 g/mol. The number of hydrogen-bond acceptors (Lipinski definition) is 1. The van der Waals surface area contributed by atoms with Gasteiger partial charge in [0.05, 0.1) is 12.2 Å². The summed E-state index contributed by atoms with van der Waals surface area (Å²) >= 11 is 0. The van der Waals surface area contributed by atoms with E-state index in [4.69, 9.17) is 4.74 Å². The maximum atomic E-state index is 13.5. The van der Waals surface area contributed by atoms with E-state index in [2.05, 4.69) is 27.7 Å². The van der Waals surface area contributed by atoms with Crippen LogP contribution in [0, 0.1) is 11.8 Å². The van der Waals surface area contributed by atoms with Crippen molar-refractivity contribution in [1.29, 1.82) is 0 Å². The fraction of sp³-hybridized carbons (Fsp3) is 1.00. The summed E-state index contributed by atoms with van der Waals surface area (Å²) in [6.45, 7) is 8.68. The smallest absolute Gasteiger partial charge is 0.105 e. The molecule has 0 saturated carbocycles. The predicted octanol–water partition coefficient (Wildman–Crippen LogP) is 3.96. The summed E-state index contributed by atoms with van der Waals surface area (Å²) in [6, 6.07) is 0. The van der Waals surface area contributed by atoms with E-state index >= 15 is 0 Å². The highest BCUT2D eigenvalue weighted by Gasteiger charge is 2.29. The molecule has 15 heavy (non-hydrogen) atoms. The maximum Gasteiger partial charge on any atom is 0.105 e. The molecule has 0 aliphatic carbocycles. The molecule has 0 aromatic rings. The van der Waals surface area contributed by atoms with Gasteiger partial charge in [0.15, 0.2) is 0 Å². The molecule has 1 aliphatic rings. The summed E-state index contributed by atoms with van der Waals surface area (Å²) in [5, 5.41) is 0. The van der Waals surface area contributed by atoms with Gasteiger partial charge in [0.1, 0.15) is 6.17 Å². The van der Waals surface area contributed by atoms with E-state index in [1.807, 2.05) is 0 Å². The first-order valence-electron chi connectivity index (χ1n) is 6.27. The van der Waals surface area contributed by atoms with Crippen molar-refractivity contribution in [3.05, 3.63) is 0 Å². The van der Waals surface area contributed by atoms with E-state index in [1.165, 1.54) is 0 Å². The van der Waals surface area contributed by atoms with Gasteiger partial charge in [-0.2, -0.15) is 0 Å². The Labute approximate surface area is 93.4 Å². The second-order valence-electron chi connectivity index (χ2n) is 5.71. The van der Waals surface area contributed by atoms with Crippen LogP contribution in [0.5, 0.6) is 0 Å². The van der Waals surface area contributed by atoms with E-state index in [1.54, 1.807) is 0 Å². The number of alkyl halides is 1. The van der Waals surface area contributed by atoms with Crippen LogP contribution in [0.2, 0.25) is 0 Å². The van der Waals surface area contributed by atoms with Gasteiger partial charge in [-0.25, -0.2) is 4.39 Å². The first-order chi connectivity index (χ1) is 6.97. The summed E-state index contributed by atoms with van der Waals surface area (Å²) in [5.74, 6) is 1.19. The largest absolute Gasteiger partial charge is 0.375 e. The van der Waals surface area contributed by atoms with Crippen molar-refractivity contribution in [2.75, 3.05) is 0 Å². The van der Waals surface area contributed by atoms with Crippen LogP contribution < -0.4 is 0 Å². The molecule has 1 aliphatic heterocycles. The third-order valence-corrected chi connectivity index (χ3v) is 2.89. The molecule has 1 unspecified atom stereocenters. The van der Waals surface area contributed by atoms with Crippen LogP contribution in [-0.2, 0) is 4.74 Å². The first-order valence-corrected chi connectivity index (χ1v) is 6.27. The van der Waals surface area contributed by atoms with Crippen LogP contribution in [0.25, 0.3) is 0 Å². The predicted molar refractivity (Wildman–Crippen MR) is 61.7 cm³/mol. The van der Waals surface area contributed by atoms with Gasteiger partial charge >= 0.3 is 0 Å². The Hall–Kier alpha value is -0.110. The Kier molecular flexibility index (Phi) is 5.04. The van der Waals surface area contributed by atoms with Crippen molar-refractivity contribution in [1.82, 2.24) is 0 Å². The Morgan fingerprint density at radius 2 is 1.40 bits per heavy atom. The molecule has 1 heterocycles. The van der Waals surface area contributed by atoms with E-state index in [0.29, 0.717) is 24.7 Å². The zero-order chi connectivity index (χ0) is 11.4. The minimum Gasteiger partial charge on any atom is -0.375 e. The van der Waals surface area contributed by atoms with Gasteiger partial charge in [-0.3, -0.25) is 0 Å². The summed E-state index contributed by atoms with van der Waals surface area (Å²) in [4.78, 5) is 0. The zero-order valence-corrected chi connectivity index (χ0v) is 10.5. The van der Waals surface area contributed by atoms with Crippen molar-refractivity contribution >= 4 is 0 Å². The Morgan fingerprint density at radius 1 is 1.00 bits per heavy atom. The Bertz CT molecular complexity index is 157. The third-order valence-electron chi connectivity index (χ3n) is 2.89. The molecule has 0 amide bonds. The molecule has 1 saturated heterocycles. The zero-order valence-electron chi connectivity index (χ0n) is 10.5. The van der Waals surface area contributed by atoms with Crippen molar-refractivity contribution < 1.29 is 9.13 Å². The molecule has 1 fully saturated rings. The number of hydrogen-bond donors (Lipinski definition) is 0. The van der Waals surface area contributed by atoms with Crippen LogP contribution in [-0.4, -0.2) is 18.4 Å². The van der Waals surface area contributed by atoms with Crippen molar-refractivity contribution in [3.8, 4) is 0 Å². The molecule has 0 radical (unpaired) electrons. The molecule has 0 N–H and O–H groups in total. The molecule has 1 rings (SSSR count). The number of ether oxygens (including phenoxy) is 1. The molecule has 1 nitrogen and oxygen atoms in total. The van der Waals surface area contributed by atoms with E-state index < -0.39 is 6.17 Å². The van der Waals surface area contributed by atoms with E-state index in [9.17, 15) is 4.39 Å². The van der Waals surface area contributed by atoms with Crippen molar-refractivity contribution in [2.45, 2.75) is 71.8 Å². The second kappa shape index (κ2) is 5.83. The number of rotatable bonds is 4. The number of halogens is 1. The quantitative estimate of drug-likeness (QED) is 0.691. The van der Waals surface area contributed by atoms with E-state index in [-0.39, 0.29) is 12.2 Å². The van der Waals surface area contributed by atoms with Crippen molar-refractivity contribution in [3.63, 3.8) is 0 Å². The lowest BCUT2D eigenvalue weighted by Crippen LogP contribution is -2.35. The highest BCUT2D eigenvalue weighted by Crippen LogP contribution is 2.29. The first kappa shape index (κ1) is 13.0. The van der Waals surface area contributed by atoms with Gasteiger partial charge in [0.2, 0.25) is 0 Å². The highest BCUT2D eigenvalue weighted by atomic mass is 19.1. The van der Waals surface area contributed by atoms with Gasteiger partial charge in [-0.1, -0.05) is 27.7 Å². The average molecular weight is 216 g/mol. The van der Waals surface area contributed by atoms with E-state index in [0.717, 1.165) is 12.8 Å². The van der Waals surface area contributed by atoms with Gasteiger partial charge in [0.25, 0.3) is 0 Å². The summed E-state index contributed by atoms with van der Waals surface area (Å²) in [6.07, 6.45) is 2.85. The summed E-state index contributed by atoms with van der Waals surface area (Å²) in [5.41, 5.74) is 0. The lowest BCUT2D eigenvalue weighted by molar-refractivity contribution is -0.0903. The molecule has 90 valence electrons. The van der Waals surface area contributed by atoms with Gasteiger partial charge in [-0.05, 0) is 24.7 Å². The standard InChI is InChI=1S/C13H25FO/c1-9(2)5-12-7-11(14)8-13(15-12)6-10(3)4/h9-13H,5-8H2,1-4H3/t11?,12-,13+. The topological polar surface area (TPSA) is 9.23 Å². The fourth-order valence-corrected chi connectivity index (χ4v) is 2.41. The van der Waals surface area contributed by atoms with Gasteiger partial charge < -0.3 is 4.74 Å². The van der Waals surface area contributed by atoms with Gasteiger partial charge in [0, 0.05) is 12.8 Å². The van der Waals surface area contributed by atoms with Crippen LogP contribution in [0.1, 0.15) is 53.4 Å². The van der Waals surface area contributed by atoms with Crippen LogP contribution >= 0.6 is 0 Å². The molecule has 0 bridgehead atoms. The highest BCUT2D eigenvalue weighted by molar-refractivity contribution is 4.78. The Morgan fingerprint density at radius 3 is 1.73 bits per heavy atom. The molecule has 0 aromatic carbocycles. The summed E-state index contributed by atoms with van der Waals surface area (Å²) in [7, 11) is 0. The van der Waals surface area contributed by atoms with Gasteiger partial charge in [-0.15, -0.1) is 0 Å². The molecule has 3 atom stereocenters. The lowest BCUT2D eigenvalue weighted by Gasteiger charge is -2.34.